The van der Waals surface area contributed by atoms with Gasteiger partial charge < -0.3 is 26.1 Å². The van der Waals surface area contributed by atoms with E-state index in [4.69, 9.17) is 10.8 Å². The molecule has 2 aromatic rings. The number of aliphatic hydroxyl groups is 1. The number of benzene rings is 2. The van der Waals surface area contributed by atoms with E-state index in [1.807, 2.05) is 31.2 Å². The highest BCUT2D eigenvalue weighted by molar-refractivity contribution is 6.03. The number of allylic oxidation sites excluding steroid dienone is 1. The molecule has 0 aliphatic rings. The van der Waals surface area contributed by atoms with Gasteiger partial charge in [0.2, 0.25) is 0 Å². The highest BCUT2D eigenvalue weighted by atomic mass is 19.1. The summed E-state index contributed by atoms with van der Waals surface area (Å²) in [6, 6.07) is 13.2. The van der Waals surface area contributed by atoms with Gasteiger partial charge in [0.05, 0.1) is 12.6 Å². The topological polar surface area (TPSA) is 100 Å². The molecule has 2 aromatic carbocycles. The van der Waals surface area contributed by atoms with E-state index < -0.39 is 6.10 Å². The second kappa shape index (κ2) is 12.8. The van der Waals surface area contributed by atoms with Gasteiger partial charge in [0.15, 0.2) is 0 Å². The molecule has 0 aliphatic heterocycles. The van der Waals surface area contributed by atoms with Gasteiger partial charge in [0, 0.05) is 43.0 Å². The summed E-state index contributed by atoms with van der Waals surface area (Å²) in [6.07, 6.45) is 4.16. The fourth-order valence-corrected chi connectivity index (χ4v) is 3.50. The van der Waals surface area contributed by atoms with Crippen molar-refractivity contribution in [3.05, 3.63) is 83.2 Å². The van der Waals surface area contributed by atoms with Crippen LogP contribution in [0.25, 0.3) is 0 Å². The monoisotopic (exact) mass is 452 g/mol. The van der Waals surface area contributed by atoms with Crippen molar-refractivity contribution in [1.82, 2.24) is 10.2 Å². The number of hydrogen-bond donors (Lipinski definition) is 4. The van der Waals surface area contributed by atoms with E-state index in [0.717, 1.165) is 5.56 Å². The van der Waals surface area contributed by atoms with Crippen molar-refractivity contribution >= 4 is 17.3 Å². The standard InChI is InChI=1S/C26H33FN4O2/c1-4-5-24(30-16-25(32)20-10-12-22(27)13-11-20)15-19-6-8-21(9-7-19)26(33)31(3)17-23(29)14-18(2)28/h4-13,24-25,28-30,32H,14-17H2,1-3H3. The molecule has 0 saturated heterocycles. The number of aliphatic hydroxyl groups excluding tert-OH is 1. The van der Waals surface area contributed by atoms with Crippen LogP contribution in [0.5, 0.6) is 0 Å². The molecule has 0 heterocycles. The number of nitrogens with zero attached hydrogens (tertiary/aromatic N) is 1. The molecule has 2 atom stereocenters. The van der Waals surface area contributed by atoms with E-state index in [2.05, 4.69) is 5.32 Å². The summed E-state index contributed by atoms with van der Waals surface area (Å²) >= 11 is 0. The summed E-state index contributed by atoms with van der Waals surface area (Å²) in [5, 5.41) is 29.1. The SMILES string of the molecule is CC=CC(Cc1ccc(C(=O)N(C)CC(=N)CC(C)=N)cc1)NCC(O)c1ccc(F)cc1. The maximum Gasteiger partial charge on any atom is 0.253 e. The van der Waals surface area contributed by atoms with Crippen LogP contribution in [0.15, 0.2) is 60.7 Å². The lowest BCUT2D eigenvalue weighted by atomic mass is 10.0. The molecule has 0 saturated carbocycles. The van der Waals surface area contributed by atoms with Crippen LogP contribution in [0.3, 0.4) is 0 Å². The second-order valence-electron chi connectivity index (χ2n) is 8.23. The molecule has 33 heavy (non-hydrogen) atoms. The van der Waals surface area contributed by atoms with E-state index in [1.54, 1.807) is 38.2 Å². The Balaban J connectivity index is 1.94. The quantitative estimate of drug-likeness (QED) is 0.287. The highest BCUT2D eigenvalue weighted by Crippen LogP contribution is 2.14. The van der Waals surface area contributed by atoms with Crippen LogP contribution in [0, 0.1) is 16.6 Å². The van der Waals surface area contributed by atoms with Crippen molar-refractivity contribution in [1.29, 1.82) is 10.8 Å². The Morgan fingerprint density at radius 3 is 2.36 bits per heavy atom. The van der Waals surface area contributed by atoms with E-state index in [-0.39, 0.29) is 30.7 Å². The van der Waals surface area contributed by atoms with Crippen molar-refractivity contribution in [2.24, 2.45) is 0 Å². The zero-order valence-corrected chi connectivity index (χ0v) is 19.4. The van der Waals surface area contributed by atoms with Gasteiger partial charge in [-0.05, 0) is 55.7 Å². The first kappa shape index (κ1) is 26.1. The molecule has 2 unspecified atom stereocenters. The number of carbonyl (C=O) groups excluding carboxylic acids is 1. The third kappa shape index (κ3) is 8.71. The Hall–Kier alpha value is -3.16. The van der Waals surface area contributed by atoms with Gasteiger partial charge in [0.1, 0.15) is 5.82 Å². The number of halogens is 1. The van der Waals surface area contributed by atoms with Crippen molar-refractivity contribution in [2.45, 2.75) is 38.8 Å². The van der Waals surface area contributed by atoms with Gasteiger partial charge >= 0.3 is 0 Å². The Kier molecular flexibility index (Phi) is 10.1. The van der Waals surface area contributed by atoms with Crippen LogP contribution in [-0.2, 0) is 6.42 Å². The number of rotatable bonds is 12. The molecule has 2 rings (SSSR count). The molecule has 4 N–H and O–H groups in total. The largest absolute Gasteiger partial charge is 0.387 e. The minimum Gasteiger partial charge on any atom is -0.387 e. The molecular weight excluding hydrogens is 419 g/mol. The predicted octanol–water partition coefficient (Wildman–Crippen LogP) is 4.16. The van der Waals surface area contributed by atoms with Crippen LogP contribution in [0.1, 0.15) is 47.9 Å². The fourth-order valence-electron chi connectivity index (χ4n) is 3.50. The first-order chi connectivity index (χ1) is 15.7. The first-order valence-electron chi connectivity index (χ1n) is 10.9. The summed E-state index contributed by atoms with van der Waals surface area (Å²) in [4.78, 5) is 14.1. The maximum absolute atomic E-state index is 13.1. The summed E-state index contributed by atoms with van der Waals surface area (Å²) in [6.45, 7) is 4.10. The molecule has 6 nitrogen and oxygen atoms in total. The first-order valence-corrected chi connectivity index (χ1v) is 10.9. The van der Waals surface area contributed by atoms with Crippen LogP contribution in [0.4, 0.5) is 4.39 Å². The minimum atomic E-state index is -0.746. The lowest BCUT2D eigenvalue weighted by Crippen LogP contribution is -2.33. The number of amides is 1. The van der Waals surface area contributed by atoms with Crippen molar-refractivity contribution < 1.29 is 14.3 Å². The highest BCUT2D eigenvalue weighted by Gasteiger charge is 2.15. The van der Waals surface area contributed by atoms with Gasteiger partial charge in [-0.3, -0.25) is 4.79 Å². The van der Waals surface area contributed by atoms with Crippen molar-refractivity contribution in [3.8, 4) is 0 Å². The number of carbonyl (C=O) groups is 1. The van der Waals surface area contributed by atoms with Crippen molar-refractivity contribution in [3.63, 3.8) is 0 Å². The zero-order valence-electron chi connectivity index (χ0n) is 19.4. The summed E-state index contributed by atoms with van der Waals surface area (Å²) in [5.41, 5.74) is 2.97. The Labute approximate surface area is 195 Å². The molecule has 7 heteroatoms. The minimum absolute atomic E-state index is 0.0147. The number of hydrogen-bond acceptors (Lipinski definition) is 5. The predicted molar refractivity (Wildman–Crippen MR) is 131 cm³/mol. The number of nitrogens with one attached hydrogen (secondary N) is 3. The summed E-state index contributed by atoms with van der Waals surface area (Å²) in [7, 11) is 1.66. The van der Waals surface area contributed by atoms with Gasteiger partial charge in [-0.2, -0.15) is 0 Å². The molecule has 0 radical (unpaired) electrons. The summed E-state index contributed by atoms with van der Waals surface area (Å²) in [5.74, 6) is -0.502. The van der Waals surface area contributed by atoms with E-state index >= 15 is 0 Å². The Morgan fingerprint density at radius 2 is 1.79 bits per heavy atom. The molecule has 0 aromatic heterocycles. The van der Waals surface area contributed by atoms with E-state index in [1.165, 1.54) is 17.0 Å². The van der Waals surface area contributed by atoms with Gasteiger partial charge in [-0.15, -0.1) is 0 Å². The van der Waals surface area contributed by atoms with Crippen LogP contribution in [0.2, 0.25) is 0 Å². The smallest absolute Gasteiger partial charge is 0.253 e. The normalized spacial score (nSPS) is 13.0. The van der Waals surface area contributed by atoms with Crippen LogP contribution < -0.4 is 5.32 Å². The molecule has 0 spiro atoms. The second-order valence-corrected chi connectivity index (χ2v) is 8.23. The van der Waals surface area contributed by atoms with Gasteiger partial charge in [-0.25, -0.2) is 4.39 Å². The lowest BCUT2D eigenvalue weighted by molar-refractivity contribution is 0.0814. The summed E-state index contributed by atoms with van der Waals surface area (Å²) < 4.78 is 13.1. The van der Waals surface area contributed by atoms with E-state index in [9.17, 15) is 14.3 Å². The molecule has 0 bridgehead atoms. The average molecular weight is 453 g/mol. The third-order valence-corrected chi connectivity index (χ3v) is 5.16. The molecular formula is C26H33FN4O2. The van der Waals surface area contributed by atoms with Gasteiger partial charge in [0.25, 0.3) is 5.91 Å². The maximum atomic E-state index is 13.1. The van der Waals surface area contributed by atoms with Crippen LogP contribution in [-0.4, -0.2) is 53.5 Å². The average Bonchev–Trinajstić information content (AvgIpc) is 2.77. The molecule has 1 amide bonds. The molecule has 0 aliphatic carbocycles. The Morgan fingerprint density at radius 1 is 1.15 bits per heavy atom. The van der Waals surface area contributed by atoms with Crippen molar-refractivity contribution in [2.75, 3.05) is 20.1 Å². The third-order valence-electron chi connectivity index (χ3n) is 5.16. The molecule has 176 valence electrons. The van der Waals surface area contributed by atoms with Gasteiger partial charge in [-0.1, -0.05) is 36.4 Å². The molecule has 0 fully saturated rings. The Bertz CT molecular complexity index is 971. The lowest BCUT2D eigenvalue weighted by Gasteiger charge is -2.19. The van der Waals surface area contributed by atoms with Crippen LogP contribution >= 0.6 is 0 Å². The zero-order chi connectivity index (χ0) is 24.4. The van der Waals surface area contributed by atoms with E-state index in [0.29, 0.717) is 35.5 Å². The fraction of sp³-hybridized carbons (Fsp3) is 0.346.